The van der Waals surface area contributed by atoms with Gasteiger partial charge in [-0.3, -0.25) is 4.90 Å². The van der Waals surface area contributed by atoms with Crippen LogP contribution in [0.5, 0.6) is 5.75 Å². The predicted molar refractivity (Wildman–Crippen MR) is 175 cm³/mol. The molecule has 0 amide bonds. The molecule has 1 saturated heterocycles. The van der Waals surface area contributed by atoms with Crippen LogP contribution >= 0.6 is 0 Å². The number of allylic oxidation sites excluding steroid dienone is 1. The SMILES string of the molecule is CC(C)=C(C)C(C)(C)Oc1ccc(C(C)(C)N2C(C)(C)C(C)(C)CC(C)(C)C2(C)CC=Cc2ccccc2)cc1. The van der Waals surface area contributed by atoms with Crippen LogP contribution in [0.25, 0.3) is 6.08 Å². The molecule has 1 unspecified atom stereocenters. The van der Waals surface area contributed by atoms with Gasteiger partial charge in [0.15, 0.2) is 0 Å². The third-order valence-electron chi connectivity index (χ3n) is 10.8. The van der Waals surface area contributed by atoms with Crippen molar-refractivity contribution in [2.45, 2.75) is 132 Å². The van der Waals surface area contributed by atoms with E-state index < -0.39 is 0 Å². The molecule has 0 bridgehead atoms. The van der Waals surface area contributed by atoms with Crippen molar-refractivity contribution in [2.24, 2.45) is 10.8 Å². The summed E-state index contributed by atoms with van der Waals surface area (Å²) in [6.45, 7) is 32.9. The van der Waals surface area contributed by atoms with Crippen molar-refractivity contribution >= 4 is 6.08 Å². The van der Waals surface area contributed by atoms with E-state index in [1.54, 1.807) is 0 Å². The molecule has 0 N–H and O–H groups in total. The molecule has 3 rings (SSSR count). The molecule has 1 fully saturated rings. The molecule has 220 valence electrons. The largest absolute Gasteiger partial charge is 0.484 e. The van der Waals surface area contributed by atoms with Crippen molar-refractivity contribution in [3.8, 4) is 5.75 Å². The summed E-state index contributed by atoms with van der Waals surface area (Å²) in [5.41, 5.74) is 4.71. The van der Waals surface area contributed by atoms with Gasteiger partial charge in [0.2, 0.25) is 0 Å². The summed E-state index contributed by atoms with van der Waals surface area (Å²) in [5, 5.41) is 0. The second-order valence-electron chi connectivity index (χ2n) is 15.5. The van der Waals surface area contributed by atoms with Gasteiger partial charge < -0.3 is 4.74 Å². The standard InChI is InChI=1S/C38H57NO/c1-28(2)29(3)36(10,11)40-32-24-22-31(23-25-32)35(8,9)39-37(12,13)33(4,5)27-34(6,7)38(39,14)26-18-21-30-19-16-15-17-20-30/h15-25H,26-27H2,1-14H3. The van der Waals surface area contributed by atoms with E-state index in [9.17, 15) is 0 Å². The average Bonchev–Trinajstić information content (AvgIpc) is 2.82. The first-order chi connectivity index (χ1) is 18.2. The first-order valence-corrected chi connectivity index (χ1v) is 15.2. The second kappa shape index (κ2) is 10.8. The highest BCUT2D eigenvalue weighted by Crippen LogP contribution is 2.62. The highest BCUT2D eigenvalue weighted by atomic mass is 16.5. The summed E-state index contributed by atoms with van der Waals surface area (Å²) in [5.74, 6) is 0.914. The van der Waals surface area contributed by atoms with E-state index in [0.717, 1.165) is 12.2 Å². The van der Waals surface area contributed by atoms with Gasteiger partial charge in [-0.1, -0.05) is 87.9 Å². The molecular formula is C38H57NO. The summed E-state index contributed by atoms with van der Waals surface area (Å²) in [7, 11) is 0. The van der Waals surface area contributed by atoms with Crippen molar-refractivity contribution in [3.05, 3.63) is 82.9 Å². The summed E-state index contributed by atoms with van der Waals surface area (Å²) in [6.07, 6.45) is 6.84. The molecule has 0 aliphatic carbocycles. The number of hydrogen-bond acceptors (Lipinski definition) is 2. The highest BCUT2D eigenvalue weighted by Gasteiger charge is 2.63. The summed E-state index contributed by atoms with van der Waals surface area (Å²) in [4.78, 5) is 2.86. The Balaban J connectivity index is 2.06. The van der Waals surface area contributed by atoms with E-state index in [4.69, 9.17) is 4.74 Å². The molecule has 1 heterocycles. The van der Waals surface area contributed by atoms with E-state index >= 15 is 0 Å². The molecule has 2 aromatic rings. The van der Waals surface area contributed by atoms with Crippen LogP contribution in [-0.4, -0.2) is 21.6 Å². The van der Waals surface area contributed by atoms with Gasteiger partial charge in [-0.15, -0.1) is 0 Å². The molecule has 2 aromatic carbocycles. The van der Waals surface area contributed by atoms with Gasteiger partial charge in [0.25, 0.3) is 0 Å². The third kappa shape index (κ3) is 5.85. The quantitative estimate of drug-likeness (QED) is 0.307. The molecule has 1 aliphatic rings. The maximum Gasteiger partial charge on any atom is 0.124 e. The van der Waals surface area contributed by atoms with E-state index in [2.05, 4.69) is 169 Å². The van der Waals surface area contributed by atoms with Gasteiger partial charge in [-0.05, 0) is 122 Å². The van der Waals surface area contributed by atoms with Crippen LogP contribution < -0.4 is 4.74 Å². The fraction of sp³-hybridized carbons (Fsp3) is 0.579. The Morgan fingerprint density at radius 3 is 1.88 bits per heavy atom. The van der Waals surface area contributed by atoms with Crippen LogP contribution in [0.2, 0.25) is 0 Å². The number of ether oxygens (including phenoxy) is 1. The van der Waals surface area contributed by atoms with Crippen molar-refractivity contribution in [2.75, 3.05) is 0 Å². The molecule has 1 aliphatic heterocycles. The fourth-order valence-electron chi connectivity index (χ4n) is 7.44. The number of hydrogen-bond donors (Lipinski definition) is 0. The first kappa shape index (κ1) is 32.2. The van der Waals surface area contributed by atoms with E-state index in [1.165, 1.54) is 28.7 Å². The molecular weight excluding hydrogens is 486 g/mol. The Hall–Kier alpha value is -2.32. The highest BCUT2D eigenvalue weighted by molar-refractivity contribution is 5.49. The number of likely N-dealkylation sites (tertiary alicyclic amines) is 1. The van der Waals surface area contributed by atoms with E-state index in [0.29, 0.717) is 0 Å². The van der Waals surface area contributed by atoms with Gasteiger partial charge in [0, 0.05) is 16.6 Å². The minimum atomic E-state index is -0.345. The van der Waals surface area contributed by atoms with E-state index in [1.807, 2.05) is 0 Å². The lowest BCUT2D eigenvalue weighted by Gasteiger charge is -2.71. The van der Waals surface area contributed by atoms with E-state index in [-0.39, 0.29) is 33.0 Å². The van der Waals surface area contributed by atoms with Gasteiger partial charge in [-0.2, -0.15) is 0 Å². The number of nitrogens with zero attached hydrogens (tertiary/aromatic N) is 1. The van der Waals surface area contributed by atoms with Crippen LogP contribution in [-0.2, 0) is 5.54 Å². The van der Waals surface area contributed by atoms with Crippen LogP contribution in [0.1, 0.15) is 121 Å². The Morgan fingerprint density at radius 1 is 0.800 bits per heavy atom. The topological polar surface area (TPSA) is 12.5 Å². The minimum absolute atomic E-state index is 0.0426. The molecule has 40 heavy (non-hydrogen) atoms. The molecule has 2 heteroatoms. The zero-order valence-electron chi connectivity index (χ0n) is 28.1. The zero-order chi connectivity index (χ0) is 30.4. The zero-order valence-corrected chi connectivity index (χ0v) is 28.1. The van der Waals surface area contributed by atoms with Crippen LogP contribution in [0.3, 0.4) is 0 Å². The molecule has 0 saturated carbocycles. The van der Waals surface area contributed by atoms with Crippen LogP contribution in [0.15, 0.2) is 71.8 Å². The average molecular weight is 544 g/mol. The maximum absolute atomic E-state index is 6.50. The van der Waals surface area contributed by atoms with Gasteiger partial charge in [-0.25, -0.2) is 0 Å². The maximum atomic E-state index is 6.50. The molecule has 1 atom stereocenters. The summed E-state index contributed by atoms with van der Waals surface area (Å²) < 4.78 is 6.50. The number of benzene rings is 2. The smallest absolute Gasteiger partial charge is 0.124 e. The number of rotatable bonds is 8. The molecule has 0 aromatic heterocycles. The molecule has 2 nitrogen and oxygen atoms in total. The Labute approximate surface area is 246 Å². The number of piperidine rings is 1. The van der Waals surface area contributed by atoms with Crippen LogP contribution in [0.4, 0.5) is 0 Å². The van der Waals surface area contributed by atoms with Gasteiger partial charge >= 0.3 is 0 Å². The summed E-state index contributed by atoms with van der Waals surface area (Å²) >= 11 is 0. The lowest BCUT2D eigenvalue weighted by atomic mass is 9.51. The van der Waals surface area contributed by atoms with Crippen molar-refractivity contribution in [1.82, 2.24) is 4.90 Å². The second-order valence-corrected chi connectivity index (χ2v) is 15.5. The Kier molecular flexibility index (Phi) is 8.71. The normalized spacial score (nSPS) is 22.8. The van der Waals surface area contributed by atoms with Gasteiger partial charge in [0.05, 0.1) is 0 Å². The van der Waals surface area contributed by atoms with Crippen LogP contribution in [0, 0.1) is 10.8 Å². The monoisotopic (exact) mass is 543 g/mol. The lowest BCUT2D eigenvalue weighted by molar-refractivity contribution is -0.216. The summed E-state index contributed by atoms with van der Waals surface area (Å²) in [6, 6.07) is 19.6. The fourth-order valence-corrected chi connectivity index (χ4v) is 7.44. The third-order valence-corrected chi connectivity index (χ3v) is 10.8. The molecule has 0 radical (unpaired) electrons. The minimum Gasteiger partial charge on any atom is -0.484 e. The van der Waals surface area contributed by atoms with Crippen molar-refractivity contribution < 1.29 is 4.74 Å². The predicted octanol–water partition coefficient (Wildman–Crippen LogP) is 10.8. The first-order valence-electron chi connectivity index (χ1n) is 15.2. The molecule has 0 spiro atoms. The van der Waals surface area contributed by atoms with Crippen molar-refractivity contribution in [3.63, 3.8) is 0 Å². The Bertz CT molecular complexity index is 1220. The Morgan fingerprint density at radius 2 is 1.35 bits per heavy atom. The van der Waals surface area contributed by atoms with Gasteiger partial charge in [0.1, 0.15) is 11.4 Å². The lowest BCUT2D eigenvalue weighted by Crippen LogP contribution is -2.76. The van der Waals surface area contributed by atoms with Crippen molar-refractivity contribution in [1.29, 1.82) is 0 Å².